The largest absolute Gasteiger partial charge is 0.511 e. The highest BCUT2D eigenvalue weighted by atomic mass is 35.5. The molecule has 1 saturated carbocycles. The van der Waals surface area contributed by atoms with Gasteiger partial charge in [-0.15, -0.1) is 0 Å². The van der Waals surface area contributed by atoms with Crippen LogP contribution in [0.25, 0.3) is 0 Å². The van der Waals surface area contributed by atoms with Gasteiger partial charge in [0.1, 0.15) is 17.3 Å². The van der Waals surface area contributed by atoms with Crippen LogP contribution in [0.2, 0.25) is 5.02 Å². The molecule has 0 amide bonds. The van der Waals surface area contributed by atoms with E-state index in [1.807, 2.05) is 0 Å². The van der Waals surface area contributed by atoms with Crippen LogP contribution in [0.5, 0.6) is 0 Å². The molecule has 2 bridgehead atoms. The van der Waals surface area contributed by atoms with Crippen molar-refractivity contribution in [2.24, 2.45) is 23.7 Å². The molecule has 6 atom stereocenters. The first kappa shape index (κ1) is 25.5. The van der Waals surface area contributed by atoms with E-state index >= 15 is 0 Å². The van der Waals surface area contributed by atoms with Gasteiger partial charge in [-0.1, -0.05) is 29.8 Å². The maximum absolute atomic E-state index is 13.1. The van der Waals surface area contributed by atoms with E-state index in [-0.39, 0.29) is 11.4 Å². The van der Waals surface area contributed by atoms with Gasteiger partial charge < -0.3 is 29.2 Å². The summed E-state index contributed by atoms with van der Waals surface area (Å²) in [5.41, 5.74) is -2.57. The van der Waals surface area contributed by atoms with E-state index in [0.717, 1.165) is 28.4 Å². The van der Waals surface area contributed by atoms with Crippen molar-refractivity contribution in [3.63, 3.8) is 0 Å². The molecule has 0 radical (unpaired) electrons. The minimum atomic E-state index is -2.60. The van der Waals surface area contributed by atoms with Crippen LogP contribution in [-0.2, 0) is 38.1 Å². The van der Waals surface area contributed by atoms with Crippen molar-refractivity contribution in [3.05, 3.63) is 46.2 Å². The first-order chi connectivity index (χ1) is 16.1. The summed E-state index contributed by atoms with van der Waals surface area (Å²) in [5, 5.41) is 23.5. The number of aliphatic hydroxyl groups is 2. The molecule has 0 saturated heterocycles. The predicted octanol–water partition coefficient (Wildman–Crippen LogP) is 1.54. The summed E-state index contributed by atoms with van der Waals surface area (Å²) in [6.07, 6.45) is -0.103. The van der Waals surface area contributed by atoms with Gasteiger partial charge in [-0.3, -0.25) is 14.4 Å². The van der Waals surface area contributed by atoms with E-state index in [4.69, 9.17) is 30.5 Å². The number of halogens is 1. The Morgan fingerprint density at radius 1 is 0.882 bits per heavy atom. The van der Waals surface area contributed by atoms with Crippen LogP contribution < -0.4 is 0 Å². The fraction of sp³-hybridized carbons (Fsp3) is 0.478. The number of benzene rings is 1. The zero-order chi connectivity index (χ0) is 25.4. The van der Waals surface area contributed by atoms with Crippen molar-refractivity contribution in [2.45, 2.75) is 17.9 Å². The number of esters is 4. The van der Waals surface area contributed by atoms with Gasteiger partial charge in [-0.25, -0.2) is 4.79 Å². The second-order valence-corrected chi connectivity index (χ2v) is 8.51. The van der Waals surface area contributed by atoms with E-state index in [1.54, 1.807) is 24.3 Å². The maximum atomic E-state index is 13.1. The van der Waals surface area contributed by atoms with Gasteiger partial charge in [0, 0.05) is 16.9 Å². The Morgan fingerprint density at radius 2 is 1.41 bits per heavy atom. The number of fused-ring (bicyclic) bond motifs is 2. The number of aliphatic hydroxyl groups excluding tert-OH is 1. The molecule has 0 aromatic heterocycles. The number of hydrogen-bond acceptors (Lipinski definition) is 10. The van der Waals surface area contributed by atoms with Crippen molar-refractivity contribution in [1.29, 1.82) is 0 Å². The number of methoxy groups -OCH3 is 4. The van der Waals surface area contributed by atoms with Crippen LogP contribution in [0.4, 0.5) is 0 Å². The van der Waals surface area contributed by atoms with E-state index in [9.17, 15) is 29.4 Å². The third-order valence-corrected chi connectivity index (χ3v) is 7.09. The summed E-state index contributed by atoms with van der Waals surface area (Å²) in [4.78, 5) is 51.8. The first-order valence-electron chi connectivity index (χ1n) is 10.3. The highest BCUT2D eigenvalue weighted by Crippen LogP contribution is 2.60. The van der Waals surface area contributed by atoms with E-state index in [2.05, 4.69) is 0 Å². The normalized spacial score (nSPS) is 30.2. The van der Waals surface area contributed by atoms with Gasteiger partial charge in [-0.05, 0) is 18.1 Å². The van der Waals surface area contributed by atoms with Gasteiger partial charge in [0.25, 0.3) is 0 Å². The molecule has 0 spiro atoms. The smallest absolute Gasteiger partial charge is 0.337 e. The maximum Gasteiger partial charge on any atom is 0.337 e. The number of hydrogen-bond donors (Lipinski definition) is 2. The van der Waals surface area contributed by atoms with Gasteiger partial charge >= 0.3 is 23.9 Å². The number of carbonyl (C=O) groups is 4. The lowest BCUT2D eigenvalue weighted by Crippen LogP contribution is -2.68. The third kappa shape index (κ3) is 3.70. The fourth-order valence-corrected chi connectivity index (χ4v) is 5.69. The second kappa shape index (κ2) is 9.63. The topological polar surface area (TPSA) is 146 Å². The van der Waals surface area contributed by atoms with Crippen LogP contribution in [-0.4, -0.2) is 68.1 Å². The molecule has 3 rings (SSSR count). The average molecular weight is 497 g/mol. The molecule has 1 aromatic carbocycles. The third-order valence-electron chi connectivity index (χ3n) is 6.75. The monoisotopic (exact) mass is 496 g/mol. The average Bonchev–Trinajstić information content (AvgIpc) is 2.82. The molecule has 1 aromatic rings. The predicted molar refractivity (Wildman–Crippen MR) is 115 cm³/mol. The number of ether oxygens (including phenoxy) is 4. The SMILES string of the molecule is COC(=O)C1=C(O)C(C(=O)OC)[C@@]2(O)[C@@H](C(=O)OC)C(c3ccccc3Cl)C[C@@H]1[C@@H]2C(=O)OC. The van der Waals surface area contributed by atoms with E-state index < -0.39 is 70.4 Å². The molecule has 10 nitrogen and oxygen atoms in total. The lowest BCUT2D eigenvalue weighted by atomic mass is 9.49. The molecule has 1 fully saturated rings. The summed E-state index contributed by atoms with van der Waals surface area (Å²) >= 11 is 6.41. The standard InChI is InChI=1S/C23H25ClO10/c1-31-19(26)14-12-9-11(10-7-5-6-8-13(10)24)15(20(27)32-2)23(30,16(12)21(28)33-3)17(18(14)25)22(29)34-4/h5-8,11-12,15-17,25,30H,9H2,1-4H3/t11?,12-,15+,16+,17?,23+/m0/s1. The molecular weight excluding hydrogens is 472 g/mol. The molecule has 0 heterocycles. The van der Waals surface area contributed by atoms with Crippen LogP contribution in [0.3, 0.4) is 0 Å². The zero-order valence-electron chi connectivity index (χ0n) is 18.9. The molecule has 0 aliphatic heterocycles. The molecule has 2 unspecified atom stereocenters. The Hall–Kier alpha value is -3.11. The van der Waals surface area contributed by atoms with E-state index in [0.29, 0.717) is 5.56 Å². The lowest BCUT2D eigenvalue weighted by Gasteiger charge is -2.55. The highest BCUT2D eigenvalue weighted by molar-refractivity contribution is 6.31. The summed E-state index contributed by atoms with van der Waals surface area (Å²) < 4.78 is 19.4. The number of rotatable bonds is 5. The van der Waals surface area contributed by atoms with Crippen molar-refractivity contribution in [1.82, 2.24) is 0 Å². The highest BCUT2D eigenvalue weighted by Gasteiger charge is 2.71. The summed E-state index contributed by atoms with van der Waals surface area (Å²) in [7, 11) is 4.20. The van der Waals surface area contributed by atoms with Gasteiger partial charge in [0.2, 0.25) is 0 Å². The summed E-state index contributed by atoms with van der Waals surface area (Å²) in [5.74, 6) is -12.3. The minimum Gasteiger partial charge on any atom is -0.511 e. The molecule has 2 aliphatic carbocycles. The van der Waals surface area contributed by atoms with Gasteiger partial charge in [0.05, 0.1) is 45.8 Å². The Bertz CT molecular complexity index is 1050. The van der Waals surface area contributed by atoms with Crippen LogP contribution in [0.15, 0.2) is 35.6 Å². The van der Waals surface area contributed by atoms with Crippen LogP contribution in [0, 0.1) is 23.7 Å². The van der Waals surface area contributed by atoms with Crippen LogP contribution >= 0.6 is 11.6 Å². The van der Waals surface area contributed by atoms with Crippen molar-refractivity contribution in [2.75, 3.05) is 28.4 Å². The zero-order valence-corrected chi connectivity index (χ0v) is 19.7. The van der Waals surface area contributed by atoms with Crippen LogP contribution in [0.1, 0.15) is 17.9 Å². The molecule has 184 valence electrons. The molecule has 11 heteroatoms. The number of carbonyl (C=O) groups excluding carboxylic acids is 4. The second-order valence-electron chi connectivity index (χ2n) is 8.11. The lowest BCUT2D eigenvalue weighted by molar-refractivity contribution is -0.208. The van der Waals surface area contributed by atoms with Crippen molar-refractivity contribution >= 4 is 35.5 Å². The van der Waals surface area contributed by atoms with Crippen molar-refractivity contribution < 1.29 is 48.3 Å². The van der Waals surface area contributed by atoms with Gasteiger partial charge in [0.15, 0.2) is 0 Å². The minimum absolute atomic E-state index is 0.103. The Morgan fingerprint density at radius 3 is 1.91 bits per heavy atom. The van der Waals surface area contributed by atoms with E-state index in [1.165, 1.54) is 0 Å². The molecule has 34 heavy (non-hydrogen) atoms. The Labute approximate surface area is 200 Å². The quantitative estimate of drug-likeness (QED) is 0.454. The summed E-state index contributed by atoms with van der Waals surface area (Å²) in [6.45, 7) is 0. The first-order valence-corrected chi connectivity index (χ1v) is 10.7. The molecular formula is C23H25ClO10. The molecule has 2 aliphatic rings. The molecule has 2 N–H and O–H groups in total. The van der Waals surface area contributed by atoms with Gasteiger partial charge in [-0.2, -0.15) is 0 Å². The summed E-state index contributed by atoms with van der Waals surface area (Å²) in [6, 6.07) is 6.52. The van der Waals surface area contributed by atoms with Crippen molar-refractivity contribution in [3.8, 4) is 0 Å². The Kier molecular flexibility index (Phi) is 7.23. The fourth-order valence-electron chi connectivity index (χ4n) is 5.42. The Balaban J connectivity index is 2.43.